The van der Waals surface area contributed by atoms with Crippen LogP contribution in [0.25, 0.3) is 0 Å². The molecule has 0 aromatic rings. The van der Waals surface area contributed by atoms with Crippen LogP contribution in [0.3, 0.4) is 0 Å². The van der Waals surface area contributed by atoms with Gasteiger partial charge >= 0.3 is 0 Å². The Hall–Kier alpha value is -0.200. The second-order valence-electron chi connectivity index (χ2n) is 1.48. The third kappa shape index (κ3) is 10.7. The molecule has 0 aliphatic heterocycles. The molecule has 0 spiro atoms. The van der Waals surface area contributed by atoms with Gasteiger partial charge in [-0.15, -0.1) is 0 Å². The molecule has 0 aliphatic carbocycles. The Kier molecular flexibility index (Phi) is 6.95. The van der Waals surface area contributed by atoms with Gasteiger partial charge in [0.05, 0.1) is 12.4 Å². The molecule has 4 nitrogen and oxygen atoms in total. The Morgan fingerprint density at radius 3 is 2.30 bits per heavy atom. The summed E-state index contributed by atoms with van der Waals surface area (Å²) >= 11 is 0. The summed E-state index contributed by atoms with van der Waals surface area (Å²) in [6.45, 7) is 2.29. The van der Waals surface area contributed by atoms with Crippen LogP contribution in [0.4, 0.5) is 4.70 Å². The molecular formula is C4H11FO4S. The molecule has 1 N–H and O–H groups in total. The van der Waals surface area contributed by atoms with Gasteiger partial charge in [0.2, 0.25) is 0 Å². The molecule has 0 saturated carbocycles. The topological polar surface area (TPSA) is 63.6 Å². The van der Waals surface area contributed by atoms with Crippen molar-refractivity contribution in [1.29, 1.82) is 0 Å². The molecule has 0 heterocycles. The summed E-state index contributed by atoms with van der Waals surface area (Å²) < 4.78 is 32.8. The summed E-state index contributed by atoms with van der Waals surface area (Å²) in [6, 6.07) is 0. The highest BCUT2D eigenvalue weighted by Crippen LogP contribution is 1.81. The summed E-state index contributed by atoms with van der Waals surface area (Å²) in [6.07, 6.45) is 0. The van der Waals surface area contributed by atoms with Crippen LogP contribution < -0.4 is 0 Å². The lowest BCUT2D eigenvalue weighted by atomic mass is 10.8. The maximum atomic E-state index is 9.98. The minimum Gasteiger partial charge on any atom is -0.381 e. The first-order valence-corrected chi connectivity index (χ1v) is 4.20. The maximum absolute atomic E-state index is 9.98. The number of halogens is 1. The van der Waals surface area contributed by atoms with E-state index in [-0.39, 0.29) is 17.1 Å². The van der Waals surface area contributed by atoms with Gasteiger partial charge in [0, 0.05) is 6.61 Å². The SMILES string of the molecule is CCOCCS(=O)(=O)O.F. The number of ether oxygens (including phenoxy) is 1. The highest BCUT2D eigenvalue weighted by molar-refractivity contribution is 7.85. The lowest BCUT2D eigenvalue weighted by molar-refractivity contribution is 0.162. The Bertz CT molecular complexity index is 153. The van der Waals surface area contributed by atoms with Crippen LogP contribution in [0.15, 0.2) is 0 Å². The number of hydrogen-bond acceptors (Lipinski definition) is 3. The molecule has 0 aromatic heterocycles. The van der Waals surface area contributed by atoms with E-state index in [2.05, 4.69) is 4.74 Å². The summed E-state index contributed by atoms with van der Waals surface area (Å²) in [7, 11) is -3.82. The minimum absolute atomic E-state index is 0. The summed E-state index contributed by atoms with van der Waals surface area (Å²) in [5, 5.41) is 0. The Labute approximate surface area is 59.3 Å². The molecule has 0 fully saturated rings. The van der Waals surface area contributed by atoms with Crippen LogP contribution in [0, 0.1) is 0 Å². The fourth-order valence-corrected chi connectivity index (χ4v) is 0.637. The zero-order chi connectivity index (χ0) is 7.33. The molecule has 0 radical (unpaired) electrons. The van der Waals surface area contributed by atoms with E-state index in [1.54, 1.807) is 6.92 Å². The smallest absolute Gasteiger partial charge is 0.267 e. The Morgan fingerprint density at radius 2 is 2.00 bits per heavy atom. The predicted octanol–water partition coefficient (Wildman–Crippen LogP) is 0.0632. The number of rotatable bonds is 4. The fourth-order valence-electron chi connectivity index (χ4n) is 0.309. The monoisotopic (exact) mass is 174 g/mol. The molecular weight excluding hydrogens is 163 g/mol. The van der Waals surface area contributed by atoms with Crippen molar-refractivity contribution in [3.05, 3.63) is 0 Å². The van der Waals surface area contributed by atoms with Gasteiger partial charge in [0.1, 0.15) is 0 Å². The van der Waals surface area contributed by atoms with Gasteiger partial charge < -0.3 is 4.74 Å². The van der Waals surface area contributed by atoms with E-state index in [4.69, 9.17) is 4.55 Å². The molecule has 0 amide bonds. The van der Waals surface area contributed by atoms with Crippen molar-refractivity contribution in [3.8, 4) is 0 Å². The van der Waals surface area contributed by atoms with Gasteiger partial charge in [-0.05, 0) is 6.92 Å². The first-order valence-electron chi connectivity index (χ1n) is 2.59. The van der Waals surface area contributed by atoms with E-state index in [0.717, 1.165) is 0 Å². The van der Waals surface area contributed by atoms with E-state index >= 15 is 0 Å². The largest absolute Gasteiger partial charge is 0.381 e. The van der Waals surface area contributed by atoms with Crippen LogP contribution in [0.5, 0.6) is 0 Å². The third-order valence-corrected chi connectivity index (χ3v) is 1.37. The van der Waals surface area contributed by atoms with Crippen molar-refractivity contribution in [2.75, 3.05) is 19.0 Å². The second kappa shape index (κ2) is 5.57. The van der Waals surface area contributed by atoms with Crippen molar-refractivity contribution in [2.45, 2.75) is 6.92 Å². The molecule has 0 aromatic carbocycles. The van der Waals surface area contributed by atoms with Crippen LogP contribution in [0.2, 0.25) is 0 Å². The molecule has 0 rings (SSSR count). The van der Waals surface area contributed by atoms with Crippen molar-refractivity contribution >= 4 is 10.1 Å². The standard InChI is InChI=1S/C4H10O4S.FH/c1-2-8-3-4-9(5,6)7;/h2-4H2,1H3,(H,5,6,7);1H. The van der Waals surface area contributed by atoms with Crippen LogP contribution >= 0.6 is 0 Å². The Balaban J connectivity index is 0. The van der Waals surface area contributed by atoms with Gasteiger partial charge in [0.15, 0.2) is 0 Å². The van der Waals surface area contributed by atoms with Crippen molar-refractivity contribution < 1.29 is 22.4 Å². The summed E-state index contributed by atoms with van der Waals surface area (Å²) in [5.41, 5.74) is 0. The summed E-state index contributed by atoms with van der Waals surface area (Å²) in [5.74, 6) is -0.319. The quantitative estimate of drug-likeness (QED) is 0.483. The molecule has 0 unspecified atom stereocenters. The van der Waals surface area contributed by atoms with E-state index in [1.165, 1.54) is 0 Å². The Morgan fingerprint density at radius 1 is 1.50 bits per heavy atom. The summed E-state index contributed by atoms with van der Waals surface area (Å²) in [4.78, 5) is 0. The van der Waals surface area contributed by atoms with Crippen molar-refractivity contribution in [2.24, 2.45) is 0 Å². The maximum Gasteiger partial charge on any atom is 0.267 e. The van der Waals surface area contributed by atoms with E-state index in [9.17, 15) is 8.42 Å². The average Bonchev–Trinajstić information content (AvgIpc) is 1.63. The predicted molar refractivity (Wildman–Crippen MR) is 35.4 cm³/mol. The lowest BCUT2D eigenvalue weighted by Crippen LogP contribution is -2.10. The van der Waals surface area contributed by atoms with Crippen LogP contribution in [-0.4, -0.2) is 31.9 Å². The highest BCUT2D eigenvalue weighted by Gasteiger charge is 2.01. The zero-order valence-electron chi connectivity index (χ0n) is 5.61. The van der Waals surface area contributed by atoms with Crippen molar-refractivity contribution in [1.82, 2.24) is 0 Å². The normalized spacial score (nSPS) is 10.6. The highest BCUT2D eigenvalue weighted by atomic mass is 32.2. The average molecular weight is 174 g/mol. The molecule has 0 atom stereocenters. The van der Waals surface area contributed by atoms with Crippen LogP contribution in [-0.2, 0) is 14.9 Å². The third-order valence-electron chi connectivity index (χ3n) is 0.690. The molecule has 10 heavy (non-hydrogen) atoms. The van der Waals surface area contributed by atoms with Gasteiger partial charge in [0.25, 0.3) is 10.1 Å². The molecule has 0 saturated heterocycles. The first kappa shape index (κ1) is 12.5. The zero-order valence-corrected chi connectivity index (χ0v) is 6.43. The molecule has 64 valence electrons. The molecule has 0 bridgehead atoms. The lowest BCUT2D eigenvalue weighted by Gasteiger charge is -1.95. The number of hydrogen-bond donors (Lipinski definition) is 1. The van der Waals surface area contributed by atoms with Gasteiger partial charge in [-0.25, -0.2) is 0 Å². The van der Waals surface area contributed by atoms with Crippen molar-refractivity contribution in [3.63, 3.8) is 0 Å². The van der Waals surface area contributed by atoms with Gasteiger partial charge in [-0.2, -0.15) is 8.42 Å². The van der Waals surface area contributed by atoms with Crippen LogP contribution in [0.1, 0.15) is 6.92 Å². The first-order chi connectivity index (χ1) is 4.06. The van der Waals surface area contributed by atoms with Gasteiger partial charge in [-0.1, -0.05) is 0 Å². The van der Waals surface area contributed by atoms with E-state index < -0.39 is 10.1 Å². The van der Waals surface area contributed by atoms with E-state index in [1.807, 2.05) is 0 Å². The minimum atomic E-state index is -3.82. The fraction of sp³-hybridized carbons (Fsp3) is 1.00. The second-order valence-corrected chi connectivity index (χ2v) is 3.06. The molecule has 0 aliphatic rings. The molecule has 6 heteroatoms. The van der Waals surface area contributed by atoms with Gasteiger partial charge in [-0.3, -0.25) is 9.26 Å². The van der Waals surface area contributed by atoms with E-state index in [0.29, 0.717) is 6.61 Å².